The predicted octanol–water partition coefficient (Wildman–Crippen LogP) is 2.38. The van der Waals surface area contributed by atoms with Gasteiger partial charge in [0, 0.05) is 5.56 Å². The highest BCUT2D eigenvalue weighted by molar-refractivity contribution is 5.98. The molecular formula is C9H7F2NO3. The highest BCUT2D eigenvalue weighted by Gasteiger charge is 2.27. The van der Waals surface area contributed by atoms with E-state index in [0.29, 0.717) is 6.07 Å². The van der Waals surface area contributed by atoms with Crippen LogP contribution in [0.2, 0.25) is 0 Å². The van der Waals surface area contributed by atoms with Crippen molar-refractivity contribution in [2.45, 2.75) is 13.8 Å². The van der Waals surface area contributed by atoms with Crippen molar-refractivity contribution >= 4 is 11.5 Å². The summed E-state index contributed by atoms with van der Waals surface area (Å²) in [6.45, 7) is 2.19. The van der Waals surface area contributed by atoms with Crippen molar-refractivity contribution < 1.29 is 18.5 Å². The highest BCUT2D eigenvalue weighted by atomic mass is 19.2. The monoisotopic (exact) mass is 215 g/mol. The van der Waals surface area contributed by atoms with Gasteiger partial charge in [0.1, 0.15) is 5.56 Å². The molecule has 0 unspecified atom stereocenters. The Kier molecular flexibility index (Phi) is 2.78. The fourth-order valence-electron chi connectivity index (χ4n) is 1.30. The number of carbonyl (C=O) groups is 1. The topological polar surface area (TPSA) is 60.2 Å². The van der Waals surface area contributed by atoms with Gasteiger partial charge in [-0.3, -0.25) is 14.9 Å². The molecule has 0 aromatic heterocycles. The minimum Gasteiger partial charge on any atom is -0.294 e. The van der Waals surface area contributed by atoms with Crippen LogP contribution in [0, 0.1) is 28.7 Å². The number of hydrogen-bond acceptors (Lipinski definition) is 3. The number of aryl methyl sites for hydroxylation is 1. The quantitative estimate of drug-likeness (QED) is 0.432. The summed E-state index contributed by atoms with van der Waals surface area (Å²) in [5.74, 6) is -3.61. The number of nitrogens with zero attached hydrogens (tertiary/aromatic N) is 1. The third-order valence-corrected chi connectivity index (χ3v) is 1.92. The van der Waals surface area contributed by atoms with Crippen molar-refractivity contribution in [3.63, 3.8) is 0 Å². The van der Waals surface area contributed by atoms with Gasteiger partial charge in [0.2, 0.25) is 0 Å². The molecule has 0 aliphatic heterocycles. The molecule has 80 valence electrons. The molecule has 0 atom stereocenters. The van der Waals surface area contributed by atoms with Crippen LogP contribution in [0.25, 0.3) is 0 Å². The van der Waals surface area contributed by atoms with Gasteiger partial charge in [0.05, 0.1) is 4.92 Å². The van der Waals surface area contributed by atoms with Crippen LogP contribution in [0.5, 0.6) is 0 Å². The molecule has 0 amide bonds. The van der Waals surface area contributed by atoms with Gasteiger partial charge in [-0.2, -0.15) is 0 Å². The van der Waals surface area contributed by atoms with E-state index in [2.05, 4.69) is 0 Å². The molecule has 1 aromatic carbocycles. The van der Waals surface area contributed by atoms with Crippen LogP contribution in [0.1, 0.15) is 22.8 Å². The van der Waals surface area contributed by atoms with Crippen LogP contribution in [-0.4, -0.2) is 10.7 Å². The summed E-state index contributed by atoms with van der Waals surface area (Å²) in [6, 6.07) is 0.694. The van der Waals surface area contributed by atoms with Gasteiger partial charge < -0.3 is 0 Å². The normalized spacial score (nSPS) is 10.1. The number of Topliss-reactive ketones (excluding diaryl/α,β-unsaturated/α-hetero) is 1. The minimum absolute atomic E-state index is 0.0795. The first-order valence-electron chi connectivity index (χ1n) is 4.00. The molecule has 0 saturated heterocycles. The molecule has 1 aromatic rings. The smallest absolute Gasteiger partial charge is 0.286 e. The second-order valence-electron chi connectivity index (χ2n) is 3.03. The Morgan fingerprint density at radius 1 is 1.47 bits per heavy atom. The summed E-state index contributed by atoms with van der Waals surface area (Å²) < 4.78 is 26.0. The first-order valence-corrected chi connectivity index (χ1v) is 4.00. The number of carbonyl (C=O) groups excluding carboxylic acids is 1. The molecule has 0 heterocycles. The van der Waals surface area contributed by atoms with Gasteiger partial charge in [-0.1, -0.05) is 0 Å². The number of hydrogen-bond donors (Lipinski definition) is 0. The van der Waals surface area contributed by atoms with Gasteiger partial charge in [-0.15, -0.1) is 0 Å². The lowest BCUT2D eigenvalue weighted by Gasteiger charge is -2.04. The SMILES string of the molecule is CC(=O)c1c(F)c(F)cc(C)c1[N+](=O)[O-]. The van der Waals surface area contributed by atoms with Gasteiger partial charge in [0.25, 0.3) is 5.69 Å². The highest BCUT2D eigenvalue weighted by Crippen LogP contribution is 2.28. The fraction of sp³-hybridized carbons (Fsp3) is 0.222. The Bertz CT molecular complexity index is 457. The van der Waals surface area contributed by atoms with Crippen LogP contribution in [-0.2, 0) is 0 Å². The number of ketones is 1. The number of rotatable bonds is 2. The molecule has 0 aliphatic carbocycles. The zero-order chi connectivity index (χ0) is 11.7. The van der Waals surface area contributed by atoms with Crippen molar-refractivity contribution in [3.8, 4) is 0 Å². The van der Waals surface area contributed by atoms with E-state index >= 15 is 0 Å². The van der Waals surface area contributed by atoms with Crippen molar-refractivity contribution in [1.29, 1.82) is 0 Å². The maximum atomic E-state index is 13.2. The Hall–Kier alpha value is -1.85. The van der Waals surface area contributed by atoms with E-state index in [0.717, 1.165) is 6.92 Å². The molecule has 0 N–H and O–H groups in total. The molecule has 4 nitrogen and oxygen atoms in total. The maximum Gasteiger partial charge on any atom is 0.286 e. The minimum atomic E-state index is -1.47. The summed E-state index contributed by atoms with van der Waals surface area (Å²) in [6.07, 6.45) is 0. The summed E-state index contributed by atoms with van der Waals surface area (Å²) in [4.78, 5) is 20.7. The molecule has 0 aliphatic rings. The summed E-state index contributed by atoms with van der Waals surface area (Å²) in [7, 11) is 0. The zero-order valence-corrected chi connectivity index (χ0v) is 8.01. The van der Waals surface area contributed by atoms with E-state index in [1.54, 1.807) is 0 Å². The summed E-state index contributed by atoms with van der Waals surface area (Å²) in [5.41, 5.74) is -1.57. The first-order chi connectivity index (χ1) is 6.86. The van der Waals surface area contributed by atoms with Crippen molar-refractivity contribution in [1.82, 2.24) is 0 Å². The van der Waals surface area contributed by atoms with Gasteiger partial charge >= 0.3 is 0 Å². The Labute approximate surface area is 83.7 Å². The number of nitro benzene ring substituents is 1. The van der Waals surface area contributed by atoms with E-state index in [1.165, 1.54) is 6.92 Å². The van der Waals surface area contributed by atoms with Gasteiger partial charge in [-0.05, 0) is 19.9 Å². The van der Waals surface area contributed by atoms with Crippen LogP contribution in [0.3, 0.4) is 0 Å². The molecule has 0 radical (unpaired) electrons. The predicted molar refractivity (Wildman–Crippen MR) is 47.8 cm³/mol. The largest absolute Gasteiger partial charge is 0.294 e. The molecular weight excluding hydrogens is 208 g/mol. The lowest BCUT2D eigenvalue weighted by atomic mass is 10.0. The molecule has 1 rings (SSSR count). The van der Waals surface area contributed by atoms with Crippen LogP contribution < -0.4 is 0 Å². The first kappa shape index (κ1) is 11.2. The Morgan fingerprint density at radius 2 is 2.00 bits per heavy atom. The van der Waals surface area contributed by atoms with Crippen molar-refractivity contribution in [2.75, 3.05) is 0 Å². The van der Waals surface area contributed by atoms with Crippen LogP contribution in [0.15, 0.2) is 6.07 Å². The number of benzene rings is 1. The van der Waals surface area contributed by atoms with E-state index in [4.69, 9.17) is 0 Å². The fourth-order valence-corrected chi connectivity index (χ4v) is 1.30. The second kappa shape index (κ2) is 3.72. The van der Waals surface area contributed by atoms with Gasteiger partial charge in [-0.25, -0.2) is 8.78 Å². The number of halogens is 2. The Morgan fingerprint density at radius 3 is 2.40 bits per heavy atom. The van der Waals surface area contributed by atoms with E-state index in [-0.39, 0.29) is 5.56 Å². The number of nitro groups is 1. The van der Waals surface area contributed by atoms with Crippen molar-refractivity contribution in [2.24, 2.45) is 0 Å². The van der Waals surface area contributed by atoms with Crippen molar-refractivity contribution in [3.05, 3.63) is 38.9 Å². The average molecular weight is 215 g/mol. The van der Waals surface area contributed by atoms with Crippen LogP contribution >= 0.6 is 0 Å². The maximum absolute atomic E-state index is 13.2. The van der Waals surface area contributed by atoms with E-state index < -0.39 is 33.6 Å². The zero-order valence-electron chi connectivity index (χ0n) is 8.01. The third kappa shape index (κ3) is 1.83. The van der Waals surface area contributed by atoms with Crippen LogP contribution in [0.4, 0.5) is 14.5 Å². The lowest BCUT2D eigenvalue weighted by Crippen LogP contribution is -2.07. The molecule has 15 heavy (non-hydrogen) atoms. The summed E-state index contributed by atoms with van der Waals surface area (Å²) >= 11 is 0. The molecule has 0 saturated carbocycles. The third-order valence-electron chi connectivity index (χ3n) is 1.92. The molecule has 0 spiro atoms. The Balaban J connectivity index is 3.69. The van der Waals surface area contributed by atoms with E-state index in [9.17, 15) is 23.7 Å². The molecule has 6 heteroatoms. The van der Waals surface area contributed by atoms with E-state index in [1.807, 2.05) is 0 Å². The second-order valence-corrected chi connectivity index (χ2v) is 3.03. The lowest BCUT2D eigenvalue weighted by molar-refractivity contribution is -0.385. The molecule has 0 bridgehead atoms. The summed E-state index contributed by atoms with van der Waals surface area (Å²) in [5, 5.41) is 10.6. The van der Waals surface area contributed by atoms with Gasteiger partial charge in [0.15, 0.2) is 17.4 Å². The molecule has 0 fully saturated rings. The standard InChI is InChI=1S/C9H7F2NO3/c1-4-3-6(10)8(11)7(5(2)13)9(4)12(14)15/h3H,1-2H3. The average Bonchev–Trinajstić information content (AvgIpc) is 2.09.